The Morgan fingerprint density at radius 3 is 2.00 bits per heavy atom. The van der Waals surface area contributed by atoms with Crippen molar-refractivity contribution in [3.8, 4) is 0 Å². The molecule has 0 bridgehead atoms. The van der Waals surface area contributed by atoms with E-state index in [4.69, 9.17) is 9.47 Å². The maximum Gasteiger partial charge on any atom is 0.307 e. The summed E-state index contributed by atoms with van der Waals surface area (Å²) < 4.78 is 10.2. The van der Waals surface area contributed by atoms with E-state index in [1.165, 1.54) is 0 Å². The number of benzene rings is 2. The smallest absolute Gasteiger partial charge is 0.307 e. The third kappa shape index (κ3) is 5.57. The van der Waals surface area contributed by atoms with Gasteiger partial charge in [0, 0.05) is 11.1 Å². The molecule has 0 fully saturated rings. The quantitative estimate of drug-likeness (QED) is 0.543. The minimum absolute atomic E-state index is 0.0757. The van der Waals surface area contributed by atoms with Crippen LogP contribution in [0.2, 0.25) is 0 Å². The summed E-state index contributed by atoms with van der Waals surface area (Å²) in [7, 11) is 0. The van der Waals surface area contributed by atoms with E-state index < -0.39 is 18.0 Å². The summed E-state index contributed by atoms with van der Waals surface area (Å²) in [5.41, 5.74) is 1.04. The molecule has 0 amide bonds. The summed E-state index contributed by atoms with van der Waals surface area (Å²) in [5, 5.41) is 0. The second-order valence-electron chi connectivity index (χ2n) is 5.32. The van der Waals surface area contributed by atoms with Crippen LogP contribution in [0.4, 0.5) is 0 Å². The molecule has 0 N–H and O–H groups in total. The molecule has 25 heavy (non-hydrogen) atoms. The van der Waals surface area contributed by atoms with E-state index >= 15 is 0 Å². The van der Waals surface area contributed by atoms with Gasteiger partial charge in [-0.3, -0.25) is 14.4 Å². The zero-order valence-corrected chi connectivity index (χ0v) is 14.0. The number of esters is 2. The van der Waals surface area contributed by atoms with Crippen molar-refractivity contribution >= 4 is 17.7 Å². The molecule has 0 aromatic heterocycles. The van der Waals surface area contributed by atoms with Gasteiger partial charge in [0.25, 0.3) is 0 Å². The van der Waals surface area contributed by atoms with Gasteiger partial charge in [-0.15, -0.1) is 0 Å². The summed E-state index contributed by atoms with van der Waals surface area (Å²) >= 11 is 0. The van der Waals surface area contributed by atoms with E-state index in [0.717, 1.165) is 0 Å². The molecule has 0 radical (unpaired) electrons. The Hall–Kier alpha value is -2.95. The van der Waals surface area contributed by atoms with Crippen molar-refractivity contribution in [3.05, 3.63) is 71.8 Å². The number of Topliss-reactive ketones (excluding diaryl/α,β-unsaturated/α-hetero) is 1. The van der Waals surface area contributed by atoms with Gasteiger partial charge in [0.05, 0.1) is 19.4 Å². The molecule has 2 aromatic rings. The summed E-state index contributed by atoms with van der Waals surface area (Å²) in [5.74, 6) is -1.40. The number of hydrogen-bond donors (Lipinski definition) is 0. The molecule has 0 aliphatic carbocycles. The maximum atomic E-state index is 12.8. The van der Waals surface area contributed by atoms with Crippen LogP contribution in [0.3, 0.4) is 0 Å². The second kappa shape index (κ2) is 9.37. The maximum absolute atomic E-state index is 12.8. The Labute approximate surface area is 146 Å². The summed E-state index contributed by atoms with van der Waals surface area (Å²) in [4.78, 5) is 36.2. The SMILES string of the molecule is CCOC(=O)CCC(=O)O[C@@H](C(=O)c1ccccc1)c1ccccc1. The van der Waals surface area contributed by atoms with Crippen LogP contribution in [-0.4, -0.2) is 24.3 Å². The molecule has 1 atom stereocenters. The number of ketones is 1. The largest absolute Gasteiger partial charge is 0.466 e. The average molecular weight is 340 g/mol. The van der Waals surface area contributed by atoms with Crippen LogP contribution < -0.4 is 0 Å². The lowest BCUT2D eigenvalue weighted by Gasteiger charge is -2.17. The van der Waals surface area contributed by atoms with Crippen LogP contribution in [0.25, 0.3) is 0 Å². The summed E-state index contributed by atoms with van der Waals surface area (Å²) in [6.07, 6.45) is -1.25. The van der Waals surface area contributed by atoms with Crippen LogP contribution in [0.1, 0.15) is 41.8 Å². The molecule has 0 saturated heterocycles. The molecular weight excluding hydrogens is 320 g/mol. The molecule has 0 saturated carbocycles. The van der Waals surface area contributed by atoms with E-state index in [1.807, 2.05) is 6.07 Å². The predicted octanol–water partition coefficient (Wildman–Crippen LogP) is 3.50. The van der Waals surface area contributed by atoms with Crippen LogP contribution in [0.5, 0.6) is 0 Å². The van der Waals surface area contributed by atoms with E-state index in [1.54, 1.807) is 61.5 Å². The van der Waals surface area contributed by atoms with Crippen molar-refractivity contribution in [2.45, 2.75) is 25.9 Å². The normalized spacial score (nSPS) is 11.4. The fraction of sp³-hybridized carbons (Fsp3) is 0.250. The van der Waals surface area contributed by atoms with E-state index in [-0.39, 0.29) is 25.2 Å². The van der Waals surface area contributed by atoms with Gasteiger partial charge < -0.3 is 9.47 Å². The fourth-order valence-corrected chi connectivity index (χ4v) is 2.28. The van der Waals surface area contributed by atoms with Crippen molar-refractivity contribution in [3.63, 3.8) is 0 Å². The van der Waals surface area contributed by atoms with Gasteiger partial charge in [-0.2, -0.15) is 0 Å². The first kappa shape index (κ1) is 18.4. The molecular formula is C20H20O5. The second-order valence-corrected chi connectivity index (χ2v) is 5.32. The molecule has 0 aliphatic rings. The number of carbonyl (C=O) groups excluding carboxylic acids is 3. The first-order valence-corrected chi connectivity index (χ1v) is 8.11. The lowest BCUT2D eigenvalue weighted by atomic mass is 10.00. The zero-order chi connectivity index (χ0) is 18.1. The minimum Gasteiger partial charge on any atom is -0.466 e. The number of rotatable bonds is 8. The standard InChI is InChI=1S/C20H20O5/c1-2-24-17(21)13-14-18(22)25-20(16-11-7-4-8-12-16)19(23)15-9-5-3-6-10-15/h3-12,20H,2,13-14H2,1H3/t20-/m1/s1. The van der Waals surface area contributed by atoms with Crippen LogP contribution in [-0.2, 0) is 19.1 Å². The predicted molar refractivity (Wildman–Crippen MR) is 91.9 cm³/mol. The third-order valence-electron chi connectivity index (χ3n) is 3.49. The highest BCUT2D eigenvalue weighted by Gasteiger charge is 2.26. The average Bonchev–Trinajstić information content (AvgIpc) is 2.65. The van der Waals surface area contributed by atoms with Gasteiger partial charge >= 0.3 is 11.9 Å². The Morgan fingerprint density at radius 2 is 1.40 bits per heavy atom. The molecule has 5 nitrogen and oxygen atoms in total. The third-order valence-corrected chi connectivity index (χ3v) is 3.49. The molecule has 0 spiro atoms. The van der Waals surface area contributed by atoms with Gasteiger partial charge in [0.2, 0.25) is 5.78 Å². The molecule has 2 rings (SSSR count). The van der Waals surface area contributed by atoms with E-state index in [9.17, 15) is 14.4 Å². The topological polar surface area (TPSA) is 69.7 Å². The van der Waals surface area contributed by atoms with Crippen molar-refractivity contribution < 1.29 is 23.9 Å². The van der Waals surface area contributed by atoms with Crippen LogP contribution in [0, 0.1) is 0 Å². The molecule has 130 valence electrons. The van der Waals surface area contributed by atoms with Gasteiger partial charge in [-0.1, -0.05) is 60.7 Å². The highest BCUT2D eigenvalue weighted by molar-refractivity contribution is 6.01. The lowest BCUT2D eigenvalue weighted by molar-refractivity contribution is -0.152. The number of hydrogen-bond acceptors (Lipinski definition) is 5. The lowest BCUT2D eigenvalue weighted by Crippen LogP contribution is -2.21. The molecule has 0 unspecified atom stereocenters. The first-order valence-electron chi connectivity index (χ1n) is 8.11. The van der Waals surface area contributed by atoms with Gasteiger partial charge in [0.15, 0.2) is 6.10 Å². The fourth-order valence-electron chi connectivity index (χ4n) is 2.28. The van der Waals surface area contributed by atoms with Crippen LogP contribution >= 0.6 is 0 Å². The molecule has 0 aliphatic heterocycles. The highest BCUT2D eigenvalue weighted by atomic mass is 16.5. The van der Waals surface area contributed by atoms with Crippen molar-refractivity contribution in [2.75, 3.05) is 6.61 Å². The molecule has 0 heterocycles. The van der Waals surface area contributed by atoms with Crippen molar-refractivity contribution in [2.24, 2.45) is 0 Å². The zero-order valence-electron chi connectivity index (χ0n) is 14.0. The Kier molecular flexibility index (Phi) is 6.89. The number of carbonyl (C=O) groups is 3. The number of ether oxygens (including phenoxy) is 2. The monoisotopic (exact) mass is 340 g/mol. The Balaban J connectivity index is 2.12. The summed E-state index contributed by atoms with van der Waals surface area (Å²) in [6, 6.07) is 17.5. The van der Waals surface area contributed by atoms with E-state index in [2.05, 4.69) is 0 Å². The van der Waals surface area contributed by atoms with E-state index in [0.29, 0.717) is 11.1 Å². The van der Waals surface area contributed by atoms with Gasteiger partial charge in [-0.25, -0.2) is 0 Å². The van der Waals surface area contributed by atoms with Crippen molar-refractivity contribution in [1.82, 2.24) is 0 Å². The minimum atomic E-state index is -1.04. The highest BCUT2D eigenvalue weighted by Crippen LogP contribution is 2.23. The Bertz CT molecular complexity index is 709. The molecule has 2 aromatic carbocycles. The van der Waals surface area contributed by atoms with Gasteiger partial charge in [0.1, 0.15) is 0 Å². The Morgan fingerprint density at radius 1 is 0.840 bits per heavy atom. The summed E-state index contributed by atoms with van der Waals surface area (Å²) in [6.45, 7) is 1.95. The van der Waals surface area contributed by atoms with Crippen molar-refractivity contribution in [1.29, 1.82) is 0 Å². The van der Waals surface area contributed by atoms with Gasteiger partial charge in [-0.05, 0) is 6.92 Å². The first-order chi connectivity index (χ1) is 12.1. The van der Waals surface area contributed by atoms with Crippen LogP contribution in [0.15, 0.2) is 60.7 Å². The molecule has 5 heteroatoms.